The van der Waals surface area contributed by atoms with Crippen molar-refractivity contribution in [3.05, 3.63) is 24.0 Å². The van der Waals surface area contributed by atoms with Crippen LogP contribution >= 0.6 is 0 Å². The number of hydrogen-bond donors (Lipinski definition) is 2. The molecule has 0 saturated carbocycles. The van der Waals surface area contributed by atoms with Crippen LogP contribution in [0.1, 0.15) is 6.92 Å². The Morgan fingerprint density at radius 1 is 1.58 bits per heavy atom. The van der Waals surface area contributed by atoms with Crippen molar-refractivity contribution in [2.24, 2.45) is 0 Å². The molecule has 0 saturated heterocycles. The van der Waals surface area contributed by atoms with Crippen LogP contribution in [0.15, 0.2) is 23.1 Å². The number of methoxy groups -OCH3 is 1. The molecule has 0 fully saturated rings. The first-order chi connectivity index (χ1) is 8.97. The van der Waals surface area contributed by atoms with E-state index in [1.165, 1.54) is 26.2 Å². The topological polar surface area (TPSA) is 81.4 Å². The van der Waals surface area contributed by atoms with Crippen LogP contribution in [-0.4, -0.2) is 35.6 Å². The smallest absolute Gasteiger partial charge is 0.235 e. The molecule has 1 aromatic rings. The summed E-state index contributed by atoms with van der Waals surface area (Å²) in [6.07, 6.45) is 0. The van der Waals surface area contributed by atoms with E-state index in [1.54, 1.807) is 0 Å². The first-order valence-corrected chi connectivity index (χ1v) is 6.91. The number of amides is 1. The first-order valence-electron chi connectivity index (χ1n) is 5.69. The maximum absolute atomic E-state index is 12.9. The number of nitrogens with two attached hydrogens (primary N) is 1. The van der Waals surface area contributed by atoms with Gasteiger partial charge in [0.1, 0.15) is 11.1 Å². The Kier molecular flexibility index (Phi) is 5.91. The third kappa shape index (κ3) is 4.29. The molecule has 106 valence electrons. The summed E-state index contributed by atoms with van der Waals surface area (Å²) in [6, 6.07) is 3.58. The Labute approximate surface area is 113 Å². The van der Waals surface area contributed by atoms with Crippen LogP contribution < -0.4 is 11.1 Å². The standard InChI is InChI=1S/C12H17FN2O3S/c1-8(12(16)15-5-6-18-2)19(17)11-4-3-9(13)7-10(11)14/h3-4,7-8H,5-6,14H2,1-2H3,(H,15,16). The van der Waals surface area contributed by atoms with Crippen molar-refractivity contribution < 1.29 is 18.1 Å². The fraction of sp³-hybridized carbons (Fsp3) is 0.417. The third-order valence-electron chi connectivity index (χ3n) is 2.48. The Morgan fingerprint density at radius 2 is 2.26 bits per heavy atom. The van der Waals surface area contributed by atoms with Gasteiger partial charge in [0, 0.05) is 13.7 Å². The minimum Gasteiger partial charge on any atom is -0.398 e. The van der Waals surface area contributed by atoms with Crippen molar-refractivity contribution in [3.63, 3.8) is 0 Å². The number of carbonyl (C=O) groups excluding carboxylic acids is 1. The van der Waals surface area contributed by atoms with Crippen LogP contribution in [0.2, 0.25) is 0 Å². The van der Waals surface area contributed by atoms with Gasteiger partial charge in [-0.05, 0) is 25.1 Å². The monoisotopic (exact) mass is 288 g/mol. The number of carbonyl (C=O) groups is 1. The minimum absolute atomic E-state index is 0.0786. The van der Waals surface area contributed by atoms with E-state index in [2.05, 4.69) is 5.32 Å². The minimum atomic E-state index is -1.63. The van der Waals surface area contributed by atoms with Gasteiger partial charge in [0.25, 0.3) is 0 Å². The van der Waals surface area contributed by atoms with E-state index < -0.39 is 21.9 Å². The largest absolute Gasteiger partial charge is 0.398 e. The number of nitrogens with one attached hydrogen (secondary N) is 1. The highest BCUT2D eigenvalue weighted by Gasteiger charge is 2.22. The van der Waals surface area contributed by atoms with Crippen molar-refractivity contribution in [3.8, 4) is 0 Å². The number of hydrogen-bond acceptors (Lipinski definition) is 4. The summed E-state index contributed by atoms with van der Waals surface area (Å²) in [5.74, 6) is -0.866. The van der Waals surface area contributed by atoms with Gasteiger partial charge in [-0.3, -0.25) is 9.00 Å². The molecule has 19 heavy (non-hydrogen) atoms. The van der Waals surface area contributed by atoms with Crippen LogP contribution in [-0.2, 0) is 20.3 Å². The molecule has 0 heterocycles. The number of halogens is 1. The van der Waals surface area contributed by atoms with Crippen LogP contribution in [0, 0.1) is 5.82 Å². The van der Waals surface area contributed by atoms with E-state index in [-0.39, 0.29) is 16.5 Å². The van der Waals surface area contributed by atoms with Gasteiger partial charge in [-0.15, -0.1) is 0 Å². The molecule has 1 aromatic carbocycles. The van der Waals surface area contributed by atoms with Crippen LogP contribution in [0.4, 0.5) is 10.1 Å². The lowest BCUT2D eigenvalue weighted by atomic mass is 10.3. The van der Waals surface area contributed by atoms with Crippen molar-refractivity contribution in [2.45, 2.75) is 17.1 Å². The number of ether oxygens (including phenoxy) is 1. The second-order valence-corrected chi connectivity index (χ2v) is 5.65. The summed E-state index contributed by atoms with van der Waals surface area (Å²) in [4.78, 5) is 12.0. The molecule has 7 heteroatoms. The summed E-state index contributed by atoms with van der Waals surface area (Å²) in [6.45, 7) is 2.25. The lowest BCUT2D eigenvalue weighted by Crippen LogP contribution is -2.37. The molecule has 1 amide bonds. The van der Waals surface area contributed by atoms with Crippen LogP contribution in [0.25, 0.3) is 0 Å². The molecule has 0 bridgehead atoms. The van der Waals surface area contributed by atoms with E-state index >= 15 is 0 Å². The summed E-state index contributed by atoms with van der Waals surface area (Å²) in [5.41, 5.74) is 5.68. The van der Waals surface area contributed by atoms with E-state index in [4.69, 9.17) is 10.5 Å². The Bertz CT molecular complexity index is 482. The number of nitrogen functional groups attached to an aromatic ring is 1. The lowest BCUT2D eigenvalue weighted by molar-refractivity contribution is -0.120. The maximum Gasteiger partial charge on any atom is 0.235 e. The zero-order valence-corrected chi connectivity index (χ0v) is 11.6. The molecule has 5 nitrogen and oxygen atoms in total. The molecule has 3 N–H and O–H groups in total. The van der Waals surface area contributed by atoms with Gasteiger partial charge in [-0.2, -0.15) is 0 Å². The zero-order chi connectivity index (χ0) is 14.4. The van der Waals surface area contributed by atoms with Crippen molar-refractivity contribution in [1.29, 1.82) is 0 Å². The van der Waals surface area contributed by atoms with Gasteiger partial charge in [-0.25, -0.2) is 4.39 Å². The summed E-state index contributed by atoms with van der Waals surface area (Å²) in [5, 5.41) is 1.82. The molecule has 0 aliphatic heterocycles. The first kappa shape index (κ1) is 15.6. The van der Waals surface area contributed by atoms with Gasteiger partial charge >= 0.3 is 0 Å². The molecule has 2 unspecified atom stereocenters. The molecule has 0 aliphatic carbocycles. The number of rotatable bonds is 6. The molecule has 2 atom stereocenters. The Morgan fingerprint density at radius 3 is 2.84 bits per heavy atom. The highest BCUT2D eigenvalue weighted by molar-refractivity contribution is 7.86. The summed E-state index contributed by atoms with van der Waals surface area (Å²) >= 11 is 0. The highest BCUT2D eigenvalue weighted by Crippen LogP contribution is 2.20. The van der Waals surface area contributed by atoms with E-state index in [1.807, 2.05) is 0 Å². The predicted octanol–water partition coefficient (Wildman–Crippen LogP) is 0.667. The number of benzene rings is 1. The predicted molar refractivity (Wildman–Crippen MR) is 71.6 cm³/mol. The summed E-state index contributed by atoms with van der Waals surface area (Å²) in [7, 11) is -0.107. The lowest BCUT2D eigenvalue weighted by Gasteiger charge is -2.13. The Hall–Kier alpha value is -1.47. The molecule has 1 rings (SSSR count). The summed E-state index contributed by atoms with van der Waals surface area (Å²) < 4.78 is 29.9. The fourth-order valence-electron chi connectivity index (χ4n) is 1.41. The second kappa shape index (κ2) is 7.20. The SMILES string of the molecule is COCCNC(=O)C(C)S(=O)c1ccc(F)cc1N. The molecule has 0 aromatic heterocycles. The third-order valence-corrected chi connectivity index (χ3v) is 4.15. The quantitative estimate of drug-likeness (QED) is 0.595. The van der Waals surface area contributed by atoms with Gasteiger partial charge in [0.15, 0.2) is 0 Å². The average Bonchev–Trinajstić information content (AvgIpc) is 2.37. The Balaban J connectivity index is 2.73. The van der Waals surface area contributed by atoms with Crippen molar-refractivity contribution >= 4 is 22.4 Å². The van der Waals surface area contributed by atoms with E-state index in [9.17, 15) is 13.4 Å². The molecular formula is C12H17FN2O3S. The molecule has 0 spiro atoms. The molecular weight excluding hydrogens is 271 g/mol. The zero-order valence-electron chi connectivity index (χ0n) is 10.8. The van der Waals surface area contributed by atoms with Gasteiger partial charge in [0.2, 0.25) is 5.91 Å². The van der Waals surface area contributed by atoms with Crippen molar-refractivity contribution in [1.82, 2.24) is 5.32 Å². The van der Waals surface area contributed by atoms with Crippen molar-refractivity contribution in [2.75, 3.05) is 26.0 Å². The van der Waals surface area contributed by atoms with Gasteiger partial charge in [-0.1, -0.05) is 0 Å². The normalized spacial score (nSPS) is 13.8. The molecule has 0 aliphatic rings. The van der Waals surface area contributed by atoms with Gasteiger partial charge in [0.05, 0.1) is 28.0 Å². The van der Waals surface area contributed by atoms with Crippen LogP contribution in [0.5, 0.6) is 0 Å². The second-order valence-electron chi connectivity index (χ2n) is 3.91. The van der Waals surface area contributed by atoms with Gasteiger partial charge < -0.3 is 15.8 Å². The average molecular weight is 288 g/mol. The highest BCUT2D eigenvalue weighted by atomic mass is 32.2. The van der Waals surface area contributed by atoms with E-state index in [0.29, 0.717) is 13.2 Å². The van der Waals surface area contributed by atoms with E-state index in [0.717, 1.165) is 6.07 Å². The molecule has 0 radical (unpaired) electrons. The number of anilines is 1. The fourth-order valence-corrected chi connectivity index (χ4v) is 2.56. The van der Waals surface area contributed by atoms with Crippen LogP contribution in [0.3, 0.4) is 0 Å². The maximum atomic E-state index is 12.9.